The van der Waals surface area contributed by atoms with Crippen LogP contribution in [0, 0.1) is 5.82 Å². The fourth-order valence-electron chi connectivity index (χ4n) is 2.51. The largest absolute Gasteiger partial charge is 0.355 e. The number of amides is 2. The van der Waals surface area contributed by atoms with Crippen LogP contribution in [0.3, 0.4) is 0 Å². The van der Waals surface area contributed by atoms with E-state index >= 15 is 0 Å². The van der Waals surface area contributed by atoms with Crippen LogP contribution in [0.1, 0.15) is 18.4 Å². The smallest absolute Gasteiger partial charge is 0.262 e. The molecule has 5 nitrogen and oxygen atoms in total. The molecular formula is C13H13FN2O3. The van der Waals surface area contributed by atoms with E-state index in [1.807, 2.05) is 0 Å². The van der Waals surface area contributed by atoms with E-state index in [2.05, 4.69) is 0 Å². The van der Waals surface area contributed by atoms with E-state index in [9.17, 15) is 14.0 Å². The predicted molar refractivity (Wildman–Crippen MR) is 64.7 cm³/mol. The number of rotatable bonds is 2. The summed E-state index contributed by atoms with van der Waals surface area (Å²) in [6, 6.07) is 4.07. The Hall–Kier alpha value is -1.79. The first-order chi connectivity index (χ1) is 9.11. The Morgan fingerprint density at radius 3 is 2.47 bits per heavy atom. The van der Waals surface area contributed by atoms with Gasteiger partial charge in [0.25, 0.3) is 11.8 Å². The number of imide groups is 1. The second-order valence-corrected chi connectivity index (χ2v) is 4.68. The average molecular weight is 264 g/mol. The normalized spacial score (nSPS) is 26.1. The van der Waals surface area contributed by atoms with Crippen molar-refractivity contribution in [2.24, 2.45) is 5.73 Å². The molecule has 0 aromatic heterocycles. The van der Waals surface area contributed by atoms with Crippen LogP contribution in [0.5, 0.6) is 0 Å². The van der Waals surface area contributed by atoms with Gasteiger partial charge in [-0.15, -0.1) is 0 Å². The van der Waals surface area contributed by atoms with Crippen molar-refractivity contribution < 1.29 is 18.7 Å². The predicted octanol–water partition coefficient (Wildman–Crippen LogP) is 0.705. The molecule has 19 heavy (non-hydrogen) atoms. The van der Waals surface area contributed by atoms with Gasteiger partial charge in [0.05, 0.1) is 5.69 Å². The molecule has 100 valence electrons. The number of nitrogens with zero attached hydrogens (tertiary/aromatic N) is 1. The minimum Gasteiger partial charge on any atom is -0.355 e. The third kappa shape index (κ3) is 1.84. The van der Waals surface area contributed by atoms with Crippen molar-refractivity contribution in [3.05, 3.63) is 29.6 Å². The molecule has 2 aliphatic heterocycles. The van der Waals surface area contributed by atoms with Gasteiger partial charge in [-0.2, -0.15) is 0 Å². The number of morpholine rings is 1. The number of hydrogen-bond acceptors (Lipinski definition) is 4. The molecule has 2 heterocycles. The zero-order chi connectivity index (χ0) is 13.6. The van der Waals surface area contributed by atoms with E-state index in [1.54, 1.807) is 0 Å². The van der Waals surface area contributed by atoms with E-state index in [4.69, 9.17) is 10.5 Å². The van der Waals surface area contributed by atoms with Crippen LogP contribution < -0.4 is 10.6 Å². The standard InChI is InChI=1S/C13H13FN2O3/c14-9-2-1-8(5-7(9)6-15)16-12(17)10-3-4-11(19-10)13(16)18/h1-2,5,10-11H,3-4,6,15H2. The molecular weight excluding hydrogens is 251 g/mol. The number of carbonyl (C=O) groups is 2. The Kier molecular flexibility index (Phi) is 2.83. The van der Waals surface area contributed by atoms with Gasteiger partial charge in [0, 0.05) is 12.1 Å². The van der Waals surface area contributed by atoms with Gasteiger partial charge in [-0.25, -0.2) is 9.29 Å². The third-order valence-corrected chi connectivity index (χ3v) is 3.52. The lowest BCUT2D eigenvalue weighted by Gasteiger charge is -2.30. The van der Waals surface area contributed by atoms with E-state index in [0.29, 0.717) is 18.5 Å². The molecule has 0 spiro atoms. The molecule has 2 amide bonds. The van der Waals surface area contributed by atoms with Gasteiger partial charge < -0.3 is 10.5 Å². The van der Waals surface area contributed by atoms with Gasteiger partial charge in [0.2, 0.25) is 0 Å². The highest BCUT2D eigenvalue weighted by molar-refractivity contribution is 6.19. The molecule has 2 N–H and O–H groups in total. The molecule has 2 saturated heterocycles. The first kappa shape index (κ1) is 12.3. The number of benzene rings is 1. The summed E-state index contributed by atoms with van der Waals surface area (Å²) < 4.78 is 18.7. The van der Waals surface area contributed by atoms with Crippen molar-refractivity contribution in [3.8, 4) is 0 Å². The highest BCUT2D eigenvalue weighted by Crippen LogP contribution is 2.32. The molecule has 2 atom stereocenters. The molecule has 0 aliphatic carbocycles. The Balaban J connectivity index is 2.01. The molecule has 2 unspecified atom stereocenters. The summed E-state index contributed by atoms with van der Waals surface area (Å²) in [5, 5.41) is 0. The molecule has 2 fully saturated rings. The lowest BCUT2D eigenvalue weighted by Crippen LogP contribution is -2.52. The maximum Gasteiger partial charge on any atom is 0.262 e. The minimum absolute atomic E-state index is 0.0131. The first-order valence-corrected chi connectivity index (χ1v) is 6.13. The quantitative estimate of drug-likeness (QED) is 0.798. The molecule has 3 rings (SSSR count). The zero-order valence-electron chi connectivity index (χ0n) is 10.1. The topological polar surface area (TPSA) is 72.6 Å². The summed E-state index contributed by atoms with van der Waals surface area (Å²) in [6.07, 6.45) is -0.0175. The number of halogens is 1. The van der Waals surface area contributed by atoms with Gasteiger partial charge in [-0.1, -0.05) is 0 Å². The van der Waals surface area contributed by atoms with Crippen LogP contribution in [0.2, 0.25) is 0 Å². The maximum absolute atomic E-state index is 13.4. The minimum atomic E-state index is -0.561. The van der Waals surface area contributed by atoms with Gasteiger partial charge >= 0.3 is 0 Å². The number of hydrogen-bond donors (Lipinski definition) is 1. The SMILES string of the molecule is NCc1cc(N2C(=O)C3CCC(O3)C2=O)ccc1F. The first-order valence-electron chi connectivity index (χ1n) is 6.13. The van der Waals surface area contributed by atoms with Crippen LogP contribution in [0.15, 0.2) is 18.2 Å². The van der Waals surface area contributed by atoms with Crippen LogP contribution in [-0.4, -0.2) is 24.0 Å². The summed E-state index contributed by atoms with van der Waals surface area (Å²) >= 11 is 0. The molecule has 0 saturated carbocycles. The van der Waals surface area contributed by atoms with Crippen molar-refractivity contribution in [1.82, 2.24) is 0 Å². The highest BCUT2D eigenvalue weighted by atomic mass is 19.1. The Morgan fingerprint density at radius 1 is 1.26 bits per heavy atom. The van der Waals surface area contributed by atoms with Crippen LogP contribution in [0.4, 0.5) is 10.1 Å². The van der Waals surface area contributed by atoms with E-state index < -0.39 is 18.0 Å². The van der Waals surface area contributed by atoms with Crippen LogP contribution in [0.25, 0.3) is 0 Å². The van der Waals surface area contributed by atoms with Crippen molar-refractivity contribution >= 4 is 17.5 Å². The molecule has 0 radical (unpaired) electrons. The van der Waals surface area contributed by atoms with E-state index in [0.717, 1.165) is 4.90 Å². The number of nitrogens with two attached hydrogens (primary N) is 1. The summed E-state index contributed by atoms with van der Waals surface area (Å²) in [7, 11) is 0. The van der Waals surface area contributed by atoms with Crippen molar-refractivity contribution in [2.75, 3.05) is 4.90 Å². The Labute approximate surface area is 109 Å². The number of anilines is 1. The second-order valence-electron chi connectivity index (χ2n) is 4.68. The van der Waals surface area contributed by atoms with Gasteiger partial charge in [0.15, 0.2) is 0 Å². The average Bonchev–Trinajstić information content (AvgIpc) is 2.85. The summed E-state index contributed by atoms with van der Waals surface area (Å²) in [6.45, 7) is 0.0131. The van der Waals surface area contributed by atoms with Crippen molar-refractivity contribution in [3.63, 3.8) is 0 Å². The van der Waals surface area contributed by atoms with Gasteiger partial charge in [-0.3, -0.25) is 9.59 Å². The van der Waals surface area contributed by atoms with Gasteiger partial charge in [-0.05, 0) is 31.0 Å². The lowest BCUT2D eigenvalue weighted by atomic mass is 10.1. The fraction of sp³-hybridized carbons (Fsp3) is 0.385. The van der Waals surface area contributed by atoms with E-state index in [1.165, 1.54) is 18.2 Å². The van der Waals surface area contributed by atoms with E-state index in [-0.39, 0.29) is 23.9 Å². The molecule has 1 aromatic rings. The maximum atomic E-state index is 13.4. The van der Waals surface area contributed by atoms with Crippen LogP contribution >= 0.6 is 0 Å². The fourth-order valence-corrected chi connectivity index (χ4v) is 2.51. The van der Waals surface area contributed by atoms with Crippen LogP contribution in [-0.2, 0) is 20.9 Å². The number of ether oxygens (including phenoxy) is 1. The second kappa shape index (κ2) is 4.40. The van der Waals surface area contributed by atoms with Crippen molar-refractivity contribution in [2.45, 2.75) is 31.6 Å². The zero-order valence-corrected chi connectivity index (χ0v) is 10.1. The Bertz CT molecular complexity index is 539. The highest BCUT2D eigenvalue weighted by Gasteiger charge is 2.47. The van der Waals surface area contributed by atoms with Crippen molar-refractivity contribution in [1.29, 1.82) is 0 Å². The molecule has 6 heteroatoms. The Morgan fingerprint density at radius 2 is 1.89 bits per heavy atom. The molecule has 2 bridgehead atoms. The number of fused-ring (bicyclic) bond motifs is 2. The monoisotopic (exact) mass is 264 g/mol. The molecule has 2 aliphatic rings. The summed E-state index contributed by atoms with van der Waals surface area (Å²) in [4.78, 5) is 25.4. The molecule has 1 aromatic carbocycles. The third-order valence-electron chi connectivity index (χ3n) is 3.52. The van der Waals surface area contributed by atoms with Gasteiger partial charge in [0.1, 0.15) is 18.0 Å². The number of carbonyl (C=O) groups excluding carboxylic acids is 2. The summed E-state index contributed by atoms with van der Waals surface area (Å²) in [5.41, 5.74) is 6.07. The lowest BCUT2D eigenvalue weighted by molar-refractivity contribution is -0.146. The summed E-state index contributed by atoms with van der Waals surface area (Å²) in [5.74, 6) is -1.20.